The van der Waals surface area contributed by atoms with E-state index in [0.717, 1.165) is 40.3 Å². The molecule has 0 unspecified atom stereocenters. The van der Waals surface area contributed by atoms with Crippen LogP contribution in [-0.2, 0) is 0 Å². The van der Waals surface area contributed by atoms with Crippen molar-refractivity contribution in [2.75, 3.05) is 17.6 Å². The molecule has 0 spiro atoms. The van der Waals surface area contributed by atoms with E-state index in [0.29, 0.717) is 0 Å². The smallest absolute Gasteiger partial charge is 0.149 e. The molecule has 2 fully saturated rings. The van der Waals surface area contributed by atoms with Crippen LogP contribution in [-0.4, -0.2) is 11.5 Å². The molecule has 3 rings (SSSR count). The molecule has 2 aliphatic rings. The molecule has 3 nitrogen and oxygen atoms in total. The van der Waals surface area contributed by atoms with Crippen molar-refractivity contribution < 1.29 is 0 Å². The van der Waals surface area contributed by atoms with Crippen LogP contribution in [0, 0.1) is 17.8 Å². The fraction of sp³-hybridized carbons (Fsp3) is 0.615. The van der Waals surface area contributed by atoms with Gasteiger partial charge >= 0.3 is 0 Å². The van der Waals surface area contributed by atoms with Gasteiger partial charge in [0.05, 0.1) is 5.69 Å². The van der Waals surface area contributed by atoms with Crippen molar-refractivity contribution >= 4 is 27.4 Å². The molecule has 0 saturated heterocycles. The van der Waals surface area contributed by atoms with Gasteiger partial charge in [-0.15, -0.1) is 0 Å². The average molecular weight is 296 g/mol. The number of pyridine rings is 1. The Kier molecular flexibility index (Phi) is 2.99. The van der Waals surface area contributed by atoms with Crippen molar-refractivity contribution in [3.63, 3.8) is 0 Å². The summed E-state index contributed by atoms with van der Waals surface area (Å²) in [6, 6.07) is 1.90. The normalized spacial score (nSPS) is 19.6. The summed E-state index contributed by atoms with van der Waals surface area (Å²) < 4.78 is 0.932. The lowest BCUT2D eigenvalue weighted by atomic mass is 9.98. The van der Waals surface area contributed by atoms with Gasteiger partial charge in [-0.2, -0.15) is 0 Å². The third-order valence-corrected chi connectivity index (χ3v) is 4.28. The lowest BCUT2D eigenvalue weighted by molar-refractivity contribution is 0.428. The first-order chi connectivity index (χ1) is 8.24. The van der Waals surface area contributed by atoms with Crippen LogP contribution in [0.25, 0.3) is 0 Å². The zero-order chi connectivity index (χ0) is 11.8. The molecule has 1 heterocycles. The van der Waals surface area contributed by atoms with E-state index >= 15 is 0 Å². The summed E-state index contributed by atoms with van der Waals surface area (Å²) in [4.78, 5) is 4.33. The Labute approximate surface area is 110 Å². The molecule has 1 aromatic rings. The van der Waals surface area contributed by atoms with E-state index in [-0.39, 0.29) is 0 Å². The predicted octanol–water partition coefficient (Wildman–Crippen LogP) is 3.27. The molecule has 0 aromatic carbocycles. The van der Waals surface area contributed by atoms with Gasteiger partial charge in [0.1, 0.15) is 5.82 Å². The summed E-state index contributed by atoms with van der Waals surface area (Å²) in [5.41, 5.74) is 6.66. The van der Waals surface area contributed by atoms with Crippen LogP contribution in [0.15, 0.2) is 16.7 Å². The van der Waals surface area contributed by atoms with Crippen LogP contribution in [0.3, 0.4) is 0 Å². The number of nitrogens with one attached hydrogen (secondary N) is 1. The summed E-state index contributed by atoms with van der Waals surface area (Å²) in [7, 11) is 0. The monoisotopic (exact) mass is 295 g/mol. The molecule has 0 bridgehead atoms. The second kappa shape index (κ2) is 4.48. The second-order valence-corrected chi connectivity index (χ2v) is 6.23. The first-order valence-electron chi connectivity index (χ1n) is 6.39. The first kappa shape index (κ1) is 11.3. The largest absolute Gasteiger partial charge is 0.396 e. The predicted molar refractivity (Wildman–Crippen MR) is 73.8 cm³/mol. The van der Waals surface area contributed by atoms with Crippen molar-refractivity contribution in [1.29, 1.82) is 0 Å². The lowest BCUT2D eigenvalue weighted by Crippen LogP contribution is -2.19. The summed E-state index contributed by atoms with van der Waals surface area (Å²) in [6.45, 7) is 1.04. The Bertz CT molecular complexity index is 401. The van der Waals surface area contributed by atoms with E-state index in [2.05, 4.69) is 26.2 Å². The SMILES string of the molecule is Nc1cc(Br)cnc1NCC(C1CC1)C1CC1. The fourth-order valence-corrected chi connectivity index (χ4v) is 2.93. The molecule has 17 heavy (non-hydrogen) atoms. The fourth-order valence-electron chi connectivity index (χ4n) is 2.58. The number of hydrogen-bond acceptors (Lipinski definition) is 3. The zero-order valence-electron chi connectivity index (χ0n) is 9.82. The van der Waals surface area contributed by atoms with E-state index in [9.17, 15) is 0 Å². The Hall–Kier alpha value is -0.770. The Balaban J connectivity index is 1.62. The molecular weight excluding hydrogens is 278 g/mol. The number of nitrogens with two attached hydrogens (primary N) is 1. The number of aromatic nitrogens is 1. The quantitative estimate of drug-likeness (QED) is 0.876. The number of rotatable bonds is 5. The van der Waals surface area contributed by atoms with E-state index in [1.807, 2.05) is 6.07 Å². The molecule has 0 radical (unpaired) electrons. The van der Waals surface area contributed by atoms with Crippen molar-refractivity contribution in [3.8, 4) is 0 Å². The van der Waals surface area contributed by atoms with Crippen LogP contribution < -0.4 is 11.1 Å². The molecule has 0 atom stereocenters. The highest BCUT2D eigenvalue weighted by Gasteiger charge is 2.41. The highest BCUT2D eigenvalue weighted by molar-refractivity contribution is 9.10. The van der Waals surface area contributed by atoms with Crippen LogP contribution >= 0.6 is 15.9 Å². The summed E-state index contributed by atoms with van der Waals surface area (Å²) in [5.74, 6) is 3.61. The topological polar surface area (TPSA) is 50.9 Å². The van der Waals surface area contributed by atoms with E-state index in [1.54, 1.807) is 6.20 Å². The summed E-state index contributed by atoms with van der Waals surface area (Å²) >= 11 is 3.37. The van der Waals surface area contributed by atoms with Crippen molar-refractivity contribution in [2.24, 2.45) is 17.8 Å². The number of halogens is 1. The van der Waals surface area contributed by atoms with Crippen LogP contribution in [0.4, 0.5) is 11.5 Å². The lowest BCUT2D eigenvalue weighted by Gasteiger charge is -2.17. The summed E-state index contributed by atoms with van der Waals surface area (Å²) in [5, 5.41) is 3.43. The molecule has 2 saturated carbocycles. The van der Waals surface area contributed by atoms with Gasteiger partial charge in [-0.25, -0.2) is 4.98 Å². The molecule has 0 amide bonds. The third kappa shape index (κ3) is 2.73. The van der Waals surface area contributed by atoms with Gasteiger partial charge in [0.15, 0.2) is 0 Å². The standard InChI is InChI=1S/C13H18BrN3/c14-10-5-12(15)13(16-6-10)17-7-11(8-1-2-8)9-3-4-9/h5-6,8-9,11H,1-4,7,15H2,(H,16,17). The second-order valence-electron chi connectivity index (χ2n) is 5.31. The van der Waals surface area contributed by atoms with E-state index in [1.165, 1.54) is 25.7 Å². The van der Waals surface area contributed by atoms with Crippen molar-refractivity contribution in [3.05, 3.63) is 16.7 Å². The van der Waals surface area contributed by atoms with Crippen molar-refractivity contribution in [2.45, 2.75) is 25.7 Å². The van der Waals surface area contributed by atoms with Gasteiger partial charge in [-0.05, 0) is 65.4 Å². The zero-order valence-corrected chi connectivity index (χ0v) is 11.4. The van der Waals surface area contributed by atoms with E-state index < -0.39 is 0 Å². The molecule has 4 heteroatoms. The number of nitrogens with zero attached hydrogens (tertiary/aromatic N) is 1. The Morgan fingerprint density at radius 2 is 2.00 bits per heavy atom. The minimum atomic E-state index is 0.727. The molecule has 2 aliphatic carbocycles. The Morgan fingerprint density at radius 1 is 1.35 bits per heavy atom. The maximum absolute atomic E-state index is 5.94. The average Bonchev–Trinajstić information content (AvgIpc) is 3.15. The minimum Gasteiger partial charge on any atom is -0.396 e. The van der Waals surface area contributed by atoms with Gasteiger partial charge in [0.25, 0.3) is 0 Å². The van der Waals surface area contributed by atoms with Gasteiger partial charge in [0, 0.05) is 17.2 Å². The molecule has 0 aliphatic heterocycles. The van der Waals surface area contributed by atoms with Crippen LogP contribution in [0.5, 0.6) is 0 Å². The van der Waals surface area contributed by atoms with Gasteiger partial charge in [-0.1, -0.05) is 0 Å². The number of anilines is 2. The molecule has 3 N–H and O–H groups in total. The minimum absolute atomic E-state index is 0.727. The van der Waals surface area contributed by atoms with Gasteiger partial charge in [0.2, 0.25) is 0 Å². The van der Waals surface area contributed by atoms with E-state index in [4.69, 9.17) is 5.73 Å². The first-order valence-corrected chi connectivity index (χ1v) is 7.18. The Morgan fingerprint density at radius 3 is 2.53 bits per heavy atom. The highest BCUT2D eigenvalue weighted by atomic mass is 79.9. The van der Waals surface area contributed by atoms with Gasteiger partial charge in [-0.3, -0.25) is 0 Å². The molecule has 92 valence electrons. The van der Waals surface area contributed by atoms with Crippen LogP contribution in [0.1, 0.15) is 25.7 Å². The maximum Gasteiger partial charge on any atom is 0.149 e. The van der Waals surface area contributed by atoms with Crippen molar-refractivity contribution in [1.82, 2.24) is 4.98 Å². The number of nitrogen functional groups attached to an aromatic ring is 1. The number of hydrogen-bond donors (Lipinski definition) is 2. The van der Waals surface area contributed by atoms with Crippen LogP contribution in [0.2, 0.25) is 0 Å². The highest BCUT2D eigenvalue weighted by Crippen LogP contribution is 2.49. The van der Waals surface area contributed by atoms with Gasteiger partial charge < -0.3 is 11.1 Å². The summed E-state index contributed by atoms with van der Waals surface area (Å²) in [6.07, 6.45) is 7.48. The molecular formula is C13H18BrN3. The maximum atomic E-state index is 5.94. The third-order valence-electron chi connectivity index (χ3n) is 3.84. The molecule has 1 aromatic heterocycles.